The van der Waals surface area contributed by atoms with Gasteiger partial charge in [0.05, 0.1) is 0 Å². The molecular weight excluding hydrogens is 184 g/mol. The zero-order valence-corrected chi connectivity index (χ0v) is 12.2. The smallest absolute Gasteiger partial charge is 0.0169 e. The summed E-state index contributed by atoms with van der Waals surface area (Å²) in [7, 11) is 0.277. The van der Waals surface area contributed by atoms with Gasteiger partial charge in [0.1, 0.15) is 0 Å². The normalized spacial score (nSPS) is 34.9. The Morgan fingerprint density at radius 1 is 1.43 bits per heavy atom. The van der Waals surface area contributed by atoms with Crippen LogP contribution in [0.5, 0.6) is 0 Å². The van der Waals surface area contributed by atoms with E-state index >= 15 is 0 Å². The molecule has 1 aliphatic rings. The summed E-state index contributed by atoms with van der Waals surface area (Å²) in [6.45, 7) is 12.3. The molecule has 0 nitrogen and oxygen atoms in total. The molecule has 0 saturated heterocycles. The summed E-state index contributed by atoms with van der Waals surface area (Å²) < 4.78 is 0. The van der Waals surface area contributed by atoms with E-state index in [1.54, 1.807) is 6.04 Å². The Bertz CT molecular complexity index is 174. The second kappa shape index (κ2) is 4.83. The first-order valence-electron chi connectivity index (χ1n) is 6.47. The van der Waals surface area contributed by atoms with Crippen LogP contribution in [0, 0.1) is 23.2 Å². The van der Waals surface area contributed by atoms with Crippen LogP contribution in [-0.4, -0.2) is 9.52 Å². The molecule has 0 spiro atoms. The molecule has 1 fully saturated rings. The number of hydrogen-bond acceptors (Lipinski definition) is 0. The van der Waals surface area contributed by atoms with Crippen molar-refractivity contribution >= 4 is 9.52 Å². The topological polar surface area (TPSA) is 0 Å². The second-order valence-electron chi connectivity index (χ2n) is 6.19. The van der Waals surface area contributed by atoms with E-state index in [1.807, 2.05) is 0 Å². The molecule has 0 N–H and O–H groups in total. The molecule has 1 rings (SSSR count). The van der Waals surface area contributed by atoms with Gasteiger partial charge in [0.15, 0.2) is 0 Å². The van der Waals surface area contributed by atoms with Crippen LogP contribution >= 0.6 is 0 Å². The van der Waals surface area contributed by atoms with Crippen molar-refractivity contribution < 1.29 is 0 Å². The molecule has 0 aromatic carbocycles. The summed E-state index contributed by atoms with van der Waals surface area (Å²) in [5, 5.41) is 0. The minimum absolute atomic E-state index is 0.277. The molecule has 3 unspecified atom stereocenters. The number of hydrogen-bond donors (Lipinski definition) is 0. The van der Waals surface area contributed by atoms with Gasteiger partial charge in [0.2, 0.25) is 0 Å². The average molecular weight is 212 g/mol. The van der Waals surface area contributed by atoms with Crippen molar-refractivity contribution in [3.8, 4) is 0 Å². The maximum atomic E-state index is 2.49. The molecule has 0 aromatic heterocycles. The van der Waals surface area contributed by atoms with E-state index < -0.39 is 0 Å². The maximum absolute atomic E-state index is 2.49. The Kier molecular flexibility index (Phi) is 4.24. The van der Waals surface area contributed by atoms with Crippen LogP contribution in [0.2, 0.25) is 12.6 Å². The molecule has 3 atom stereocenters. The van der Waals surface area contributed by atoms with Gasteiger partial charge >= 0.3 is 0 Å². The first-order chi connectivity index (χ1) is 6.47. The molecule has 0 heterocycles. The highest BCUT2D eigenvalue weighted by atomic mass is 28.2. The van der Waals surface area contributed by atoms with E-state index in [0.29, 0.717) is 5.41 Å². The quantitative estimate of drug-likeness (QED) is 0.626. The van der Waals surface area contributed by atoms with Crippen LogP contribution in [0.4, 0.5) is 0 Å². The van der Waals surface area contributed by atoms with E-state index in [-0.39, 0.29) is 9.52 Å². The van der Waals surface area contributed by atoms with Crippen molar-refractivity contribution in [3.05, 3.63) is 0 Å². The Morgan fingerprint density at radius 2 is 2.07 bits per heavy atom. The van der Waals surface area contributed by atoms with E-state index in [2.05, 4.69) is 34.2 Å². The van der Waals surface area contributed by atoms with Crippen molar-refractivity contribution in [2.45, 2.75) is 59.5 Å². The molecule has 0 aliphatic heterocycles. The molecule has 84 valence electrons. The van der Waals surface area contributed by atoms with E-state index in [4.69, 9.17) is 0 Å². The average Bonchev–Trinajstić information content (AvgIpc) is 2.10. The van der Waals surface area contributed by atoms with Gasteiger partial charge in [0.25, 0.3) is 0 Å². The number of rotatable bonds is 3. The lowest BCUT2D eigenvalue weighted by Crippen LogP contribution is -2.32. The zero-order chi connectivity index (χ0) is 10.8. The first-order valence-corrected chi connectivity index (χ1v) is 8.88. The highest BCUT2D eigenvalue weighted by Crippen LogP contribution is 2.45. The van der Waals surface area contributed by atoms with E-state index in [9.17, 15) is 0 Å². The molecule has 0 amide bonds. The summed E-state index contributed by atoms with van der Waals surface area (Å²) in [4.78, 5) is 0. The standard InChI is InChI=1S/C13H28Si/c1-10(9-14-5)12-6-7-13(3,4)11(2)8-12/h10-12H,6-9,14H2,1-5H3. The lowest BCUT2D eigenvalue weighted by molar-refractivity contribution is 0.0913. The third-order valence-corrected chi connectivity index (χ3v) is 6.19. The highest BCUT2D eigenvalue weighted by molar-refractivity contribution is 6.33. The lowest BCUT2D eigenvalue weighted by Gasteiger charge is -2.42. The Hall–Kier alpha value is 0.217. The minimum Gasteiger partial charge on any atom is -0.0748 e. The van der Waals surface area contributed by atoms with Crippen molar-refractivity contribution in [2.24, 2.45) is 23.2 Å². The van der Waals surface area contributed by atoms with Gasteiger partial charge in [-0.2, -0.15) is 0 Å². The molecule has 0 bridgehead atoms. The first kappa shape index (κ1) is 12.3. The van der Waals surface area contributed by atoms with Gasteiger partial charge in [-0.15, -0.1) is 0 Å². The largest absolute Gasteiger partial charge is 0.0748 e. The van der Waals surface area contributed by atoms with Gasteiger partial charge in [0, 0.05) is 9.52 Å². The van der Waals surface area contributed by atoms with Crippen LogP contribution in [0.1, 0.15) is 47.0 Å². The summed E-state index contributed by atoms with van der Waals surface area (Å²) in [6, 6.07) is 1.57. The summed E-state index contributed by atoms with van der Waals surface area (Å²) in [6.07, 6.45) is 4.43. The predicted molar refractivity (Wildman–Crippen MR) is 68.7 cm³/mol. The SMILES string of the molecule is C[SiH2]CC(C)C1CCC(C)(C)C(C)C1. The van der Waals surface area contributed by atoms with Gasteiger partial charge in [-0.25, -0.2) is 0 Å². The van der Waals surface area contributed by atoms with Crippen LogP contribution in [0.3, 0.4) is 0 Å². The maximum Gasteiger partial charge on any atom is 0.0169 e. The van der Waals surface area contributed by atoms with Crippen molar-refractivity contribution in [1.82, 2.24) is 0 Å². The second-order valence-corrected chi connectivity index (χ2v) is 7.77. The van der Waals surface area contributed by atoms with Crippen molar-refractivity contribution in [3.63, 3.8) is 0 Å². The van der Waals surface area contributed by atoms with Crippen molar-refractivity contribution in [1.29, 1.82) is 0 Å². The lowest BCUT2D eigenvalue weighted by atomic mass is 9.64. The third kappa shape index (κ3) is 2.85. The van der Waals surface area contributed by atoms with Gasteiger partial charge in [-0.3, -0.25) is 0 Å². The van der Waals surface area contributed by atoms with E-state index in [1.165, 1.54) is 19.3 Å². The van der Waals surface area contributed by atoms with Gasteiger partial charge < -0.3 is 0 Å². The molecule has 0 aromatic rings. The van der Waals surface area contributed by atoms with Gasteiger partial charge in [-0.05, 0) is 42.4 Å². The predicted octanol–water partition coefficient (Wildman–Crippen LogP) is 3.72. The monoisotopic (exact) mass is 212 g/mol. The zero-order valence-electron chi connectivity index (χ0n) is 10.8. The fraction of sp³-hybridized carbons (Fsp3) is 1.00. The molecular formula is C13H28Si. The fourth-order valence-corrected chi connectivity index (χ4v) is 4.28. The van der Waals surface area contributed by atoms with Crippen LogP contribution in [-0.2, 0) is 0 Å². The summed E-state index contributed by atoms with van der Waals surface area (Å²) >= 11 is 0. The molecule has 1 aliphatic carbocycles. The fourth-order valence-electron chi connectivity index (χ4n) is 2.90. The third-order valence-electron chi connectivity index (χ3n) is 4.70. The Labute approximate surface area is 92.7 Å². The molecule has 1 heteroatoms. The van der Waals surface area contributed by atoms with Crippen LogP contribution in [0.25, 0.3) is 0 Å². The van der Waals surface area contributed by atoms with E-state index in [0.717, 1.165) is 17.8 Å². The van der Waals surface area contributed by atoms with Crippen LogP contribution in [0.15, 0.2) is 0 Å². The molecule has 0 radical (unpaired) electrons. The summed E-state index contributed by atoms with van der Waals surface area (Å²) in [5.74, 6) is 3.00. The minimum atomic E-state index is 0.277. The molecule has 1 saturated carbocycles. The van der Waals surface area contributed by atoms with Crippen LogP contribution < -0.4 is 0 Å². The Morgan fingerprint density at radius 3 is 2.57 bits per heavy atom. The Balaban J connectivity index is 2.46. The highest BCUT2D eigenvalue weighted by Gasteiger charge is 2.34. The summed E-state index contributed by atoms with van der Waals surface area (Å²) in [5.41, 5.74) is 0.611. The van der Waals surface area contributed by atoms with Crippen molar-refractivity contribution in [2.75, 3.05) is 0 Å². The van der Waals surface area contributed by atoms with Gasteiger partial charge in [-0.1, -0.05) is 40.3 Å². The molecule has 14 heavy (non-hydrogen) atoms.